The second-order valence-electron chi connectivity index (χ2n) is 6.53. The molecule has 1 amide bonds. The van der Waals surface area contributed by atoms with Crippen LogP contribution in [-0.2, 0) is 6.54 Å². The third-order valence-electron chi connectivity index (χ3n) is 4.40. The molecule has 0 saturated heterocycles. The van der Waals surface area contributed by atoms with Gasteiger partial charge in [0.1, 0.15) is 5.75 Å². The molecule has 4 rings (SSSR count). The molecule has 2 aromatic heterocycles. The van der Waals surface area contributed by atoms with Crippen LogP contribution in [0.3, 0.4) is 0 Å². The van der Waals surface area contributed by atoms with E-state index in [1.54, 1.807) is 19.5 Å². The monoisotopic (exact) mass is 467 g/mol. The van der Waals surface area contributed by atoms with Crippen molar-refractivity contribution in [3.05, 3.63) is 76.6 Å². The molecule has 30 heavy (non-hydrogen) atoms. The summed E-state index contributed by atoms with van der Waals surface area (Å²) in [5.41, 5.74) is 3.33. The highest BCUT2D eigenvalue weighted by molar-refractivity contribution is 9.10. The fourth-order valence-electron chi connectivity index (χ4n) is 2.87. The molecule has 0 radical (unpaired) electrons. The maximum atomic E-state index is 12.3. The zero-order valence-electron chi connectivity index (χ0n) is 16.3. The first kappa shape index (κ1) is 19.8. The van der Waals surface area contributed by atoms with Crippen molar-refractivity contribution in [2.75, 3.05) is 7.11 Å². The highest BCUT2D eigenvalue weighted by Crippen LogP contribution is 2.29. The van der Waals surface area contributed by atoms with E-state index in [1.165, 1.54) is 0 Å². The second kappa shape index (κ2) is 8.50. The number of carbonyl (C=O) groups is 1. The van der Waals surface area contributed by atoms with Gasteiger partial charge in [0.25, 0.3) is 0 Å². The maximum Gasteiger partial charge on any atom is 0.309 e. The van der Waals surface area contributed by atoms with Gasteiger partial charge in [0.2, 0.25) is 5.89 Å². The smallest absolute Gasteiger partial charge is 0.309 e. The maximum absolute atomic E-state index is 12.3. The third kappa shape index (κ3) is 4.25. The lowest BCUT2D eigenvalue weighted by molar-refractivity contribution is 0.0917. The molecule has 0 saturated carbocycles. The van der Waals surface area contributed by atoms with Crippen LogP contribution in [0.2, 0.25) is 0 Å². The first-order chi connectivity index (χ1) is 14.5. The summed E-state index contributed by atoms with van der Waals surface area (Å²) in [5, 5.41) is 10.6. The molecule has 2 heterocycles. The molecule has 0 aliphatic heterocycles. The van der Waals surface area contributed by atoms with E-state index in [1.807, 2.05) is 54.1 Å². The van der Waals surface area contributed by atoms with Crippen molar-refractivity contribution in [3.8, 4) is 22.9 Å². The molecular formula is C21H18BrN5O3. The van der Waals surface area contributed by atoms with Crippen molar-refractivity contribution < 1.29 is 13.9 Å². The minimum atomic E-state index is -0.436. The first-order valence-corrected chi connectivity index (χ1v) is 9.88. The third-order valence-corrected chi connectivity index (χ3v) is 4.93. The van der Waals surface area contributed by atoms with Gasteiger partial charge in [0, 0.05) is 22.8 Å². The van der Waals surface area contributed by atoms with E-state index in [9.17, 15) is 4.79 Å². The van der Waals surface area contributed by atoms with E-state index >= 15 is 0 Å². The average molecular weight is 468 g/mol. The van der Waals surface area contributed by atoms with Crippen LogP contribution < -0.4 is 10.1 Å². The van der Waals surface area contributed by atoms with Crippen LogP contribution in [0.1, 0.15) is 21.9 Å². The minimum absolute atomic E-state index is 0.101. The number of ether oxygens (including phenoxy) is 1. The molecule has 0 aliphatic rings. The number of hydrogen-bond acceptors (Lipinski definition) is 6. The van der Waals surface area contributed by atoms with Gasteiger partial charge in [-0.3, -0.25) is 4.79 Å². The molecule has 0 fully saturated rings. The number of nitrogens with zero attached hydrogens (tertiary/aromatic N) is 4. The summed E-state index contributed by atoms with van der Waals surface area (Å²) in [6, 6.07) is 13.1. The predicted molar refractivity (Wildman–Crippen MR) is 113 cm³/mol. The Labute approximate surface area is 181 Å². The van der Waals surface area contributed by atoms with Crippen molar-refractivity contribution in [2.24, 2.45) is 0 Å². The summed E-state index contributed by atoms with van der Waals surface area (Å²) >= 11 is 3.38. The molecule has 9 heteroatoms. The van der Waals surface area contributed by atoms with Crippen molar-refractivity contribution in [2.45, 2.75) is 13.5 Å². The van der Waals surface area contributed by atoms with Crippen LogP contribution >= 0.6 is 15.9 Å². The summed E-state index contributed by atoms with van der Waals surface area (Å²) in [6.45, 7) is 2.27. The van der Waals surface area contributed by atoms with Crippen molar-refractivity contribution in [1.82, 2.24) is 25.1 Å². The zero-order chi connectivity index (χ0) is 21.1. The highest BCUT2D eigenvalue weighted by Gasteiger charge is 2.17. The van der Waals surface area contributed by atoms with Crippen LogP contribution in [0.25, 0.3) is 17.1 Å². The first-order valence-electron chi connectivity index (χ1n) is 9.09. The van der Waals surface area contributed by atoms with Gasteiger partial charge in [-0.05, 0) is 42.8 Å². The predicted octanol–water partition coefficient (Wildman–Crippen LogP) is 3.93. The number of halogens is 1. The molecule has 0 atom stereocenters. The fraction of sp³-hybridized carbons (Fsp3) is 0.143. The number of carbonyl (C=O) groups excluding carboxylic acids is 1. The van der Waals surface area contributed by atoms with E-state index in [0.29, 0.717) is 17.9 Å². The number of aryl methyl sites for hydroxylation is 1. The molecule has 0 spiro atoms. The van der Waals surface area contributed by atoms with Crippen LogP contribution in [0.15, 0.2) is 63.9 Å². The minimum Gasteiger partial charge on any atom is -0.495 e. The van der Waals surface area contributed by atoms with Crippen LogP contribution in [0.5, 0.6) is 5.75 Å². The molecule has 0 aliphatic carbocycles. The Morgan fingerprint density at radius 2 is 2.00 bits per heavy atom. The number of methoxy groups -OCH3 is 1. The van der Waals surface area contributed by atoms with E-state index in [-0.39, 0.29) is 11.8 Å². The van der Waals surface area contributed by atoms with Gasteiger partial charge in [-0.2, -0.15) is 0 Å². The quantitative estimate of drug-likeness (QED) is 0.461. The summed E-state index contributed by atoms with van der Waals surface area (Å²) in [6.07, 6.45) is 3.62. The SMILES string of the molecule is COc1cc(-c2nnc(C(=O)NCc3ccc(Br)cc3)o2)ccc1-n1cnc(C)c1. The number of nitrogens with one attached hydrogen (secondary N) is 1. The van der Waals surface area contributed by atoms with E-state index in [2.05, 4.69) is 36.4 Å². The average Bonchev–Trinajstić information content (AvgIpc) is 3.42. The Morgan fingerprint density at radius 3 is 2.70 bits per heavy atom. The largest absolute Gasteiger partial charge is 0.495 e. The number of hydrogen-bond donors (Lipinski definition) is 1. The molecule has 152 valence electrons. The van der Waals surface area contributed by atoms with Crippen LogP contribution in [0, 0.1) is 6.92 Å². The Kier molecular flexibility index (Phi) is 5.62. The van der Waals surface area contributed by atoms with Crippen LogP contribution in [-0.4, -0.2) is 32.8 Å². The van der Waals surface area contributed by atoms with E-state index < -0.39 is 5.91 Å². The van der Waals surface area contributed by atoms with E-state index in [0.717, 1.165) is 21.4 Å². The second-order valence-corrected chi connectivity index (χ2v) is 7.45. The number of benzene rings is 2. The highest BCUT2D eigenvalue weighted by atomic mass is 79.9. The Balaban J connectivity index is 1.50. The fourth-order valence-corrected chi connectivity index (χ4v) is 3.13. The van der Waals surface area contributed by atoms with Gasteiger partial charge < -0.3 is 19.0 Å². The summed E-state index contributed by atoms with van der Waals surface area (Å²) in [4.78, 5) is 16.6. The van der Waals surface area contributed by atoms with Crippen molar-refractivity contribution in [1.29, 1.82) is 0 Å². The van der Waals surface area contributed by atoms with Crippen molar-refractivity contribution >= 4 is 21.8 Å². The molecule has 8 nitrogen and oxygen atoms in total. The lowest BCUT2D eigenvalue weighted by atomic mass is 10.2. The molecular weight excluding hydrogens is 450 g/mol. The molecule has 4 aromatic rings. The van der Waals surface area contributed by atoms with Crippen molar-refractivity contribution in [3.63, 3.8) is 0 Å². The Morgan fingerprint density at radius 1 is 1.20 bits per heavy atom. The summed E-state index contributed by atoms with van der Waals surface area (Å²) in [7, 11) is 1.58. The van der Waals surface area contributed by atoms with Gasteiger partial charge in [-0.15, -0.1) is 10.2 Å². The van der Waals surface area contributed by atoms with E-state index in [4.69, 9.17) is 9.15 Å². The van der Waals surface area contributed by atoms with Gasteiger partial charge in [-0.1, -0.05) is 28.1 Å². The van der Waals surface area contributed by atoms with Gasteiger partial charge in [0.15, 0.2) is 0 Å². The van der Waals surface area contributed by atoms with Gasteiger partial charge >= 0.3 is 11.8 Å². The lowest BCUT2D eigenvalue weighted by Gasteiger charge is -2.09. The number of imidazole rings is 1. The Bertz CT molecular complexity index is 1180. The van der Waals surface area contributed by atoms with Gasteiger partial charge in [0.05, 0.1) is 24.8 Å². The molecule has 0 bridgehead atoms. The lowest BCUT2D eigenvalue weighted by Crippen LogP contribution is -2.23. The number of amides is 1. The number of rotatable bonds is 6. The standard InChI is InChI=1S/C21H18BrN5O3/c1-13-11-27(12-24-13)17-8-5-15(9-18(17)29-2)20-25-26-21(30-20)19(28)23-10-14-3-6-16(22)7-4-14/h3-9,11-12H,10H2,1-2H3,(H,23,28). The molecule has 0 unspecified atom stereocenters. The zero-order valence-corrected chi connectivity index (χ0v) is 17.9. The number of aromatic nitrogens is 4. The van der Waals surface area contributed by atoms with Crippen LogP contribution in [0.4, 0.5) is 0 Å². The normalized spacial score (nSPS) is 10.8. The topological polar surface area (TPSA) is 95.1 Å². The molecule has 1 N–H and O–H groups in total. The van der Waals surface area contributed by atoms with Gasteiger partial charge in [-0.25, -0.2) is 4.98 Å². The molecule has 2 aromatic carbocycles. The summed E-state index contributed by atoms with van der Waals surface area (Å²) < 4.78 is 13.9. The summed E-state index contributed by atoms with van der Waals surface area (Å²) in [5.74, 6) is 0.310. The Hall–Kier alpha value is -3.46.